The Morgan fingerprint density at radius 2 is 1.84 bits per heavy atom. The third-order valence-corrected chi connectivity index (χ3v) is 5.95. The number of pyridine rings is 2. The summed E-state index contributed by atoms with van der Waals surface area (Å²) in [6.45, 7) is 2.82. The molecule has 31 heavy (non-hydrogen) atoms. The van der Waals surface area contributed by atoms with E-state index in [0.29, 0.717) is 0 Å². The summed E-state index contributed by atoms with van der Waals surface area (Å²) in [6, 6.07) is 16.5. The number of hydrogen-bond donors (Lipinski definition) is 2. The molecule has 0 spiro atoms. The fraction of sp³-hybridized carbons (Fsp3) is 0.240. The van der Waals surface area contributed by atoms with E-state index in [9.17, 15) is 4.79 Å². The first-order chi connectivity index (χ1) is 15.2. The van der Waals surface area contributed by atoms with Gasteiger partial charge in [-0.05, 0) is 49.7 Å². The largest absolute Gasteiger partial charge is 0.346 e. The predicted octanol–water partition coefficient (Wildman–Crippen LogP) is 4.48. The second-order valence-corrected chi connectivity index (χ2v) is 8.13. The number of rotatable bonds is 5. The van der Waals surface area contributed by atoms with Crippen LogP contribution in [0.3, 0.4) is 0 Å². The molecule has 0 atom stereocenters. The molecule has 1 saturated heterocycles. The van der Waals surface area contributed by atoms with Gasteiger partial charge >= 0.3 is 0 Å². The van der Waals surface area contributed by atoms with Crippen LogP contribution in [-0.2, 0) is 11.3 Å². The number of amides is 1. The Labute approximate surface area is 181 Å². The van der Waals surface area contributed by atoms with Crippen molar-refractivity contribution in [2.24, 2.45) is 5.92 Å². The Morgan fingerprint density at radius 1 is 1.03 bits per heavy atom. The van der Waals surface area contributed by atoms with Gasteiger partial charge in [0.2, 0.25) is 5.91 Å². The Morgan fingerprint density at radius 3 is 2.68 bits per heavy atom. The van der Waals surface area contributed by atoms with Gasteiger partial charge < -0.3 is 10.3 Å². The van der Waals surface area contributed by atoms with Crippen LogP contribution in [-0.4, -0.2) is 38.8 Å². The number of benzene rings is 1. The fourth-order valence-electron chi connectivity index (χ4n) is 4.20. The average Bonchev–Trinajstić information content (AvgIpc) is 3.28. The van der Waals surface area contributed by atoms with E-state index in [1.165, 1.54) is 5.56 Å². The lowest BCUT2D eigenvalue weighted by atomic mass is 9.95. The molecule has 6 nitrogen and oxygen atoms in total. The normalized spacial score (nSPS) is 15.2. The minimum absolute atomic E-state index is 0.0357. The van der Waals surface area contributed by atoms with Crippen LogP contribution < -0.4 is 5.32 Å². The number of anilines is 1. The number of carbonyl (C=O) groups excluding carboxylic acids is 1. The molecular weight excluding hydrogens is 386 g/mol. The van der Waals surface area contributed by atoms with Crippen molar-refractivity contribution in [2.75, 3.05) is 18.4 Å². The highest BCUT2D eigenvalue weighted by Gasteiger charge is 2.25. The summed E-state index contributed by atoms with van der Waals surface area (Å²) < 4.78 is 0. The second-order valence-electron chi connectivity index (χ2n) is 8.13. The highest BCUT2D eigenvalue weighted by Crippen LogP contribution is 2.25. The first-order valence-corrected chi connectivity index (χ1v) is 10.7. The van der Waals surface area contributed by atoms with E-state index in [4.69, 9.17) is 0 Å². The van der Waals surface area contributed by atoms with Crippen molar-refractivity contribution in [3.63, 3.8) is 0 Å². The van der Waals surface area contributed by atoms with Gasteiger partial charge in [0.05, 0.1) is 11.9 Å². The van der Waals surface area contributed by atoms with E-state index < -0.39 is 0 Å². The minimum atomic E-state index is 0.0357. The van der Waals surface area contributed by atoms with Gasteiger partial charge in [-0.3, -0.25) is 14.7 Å². The van der Waals surface area contributed by atoms with Gasteiger partial charge in [0.15, 0.2) is 0 Å². The van der Waals surface area contributed by atoms with Crippen molar-refractivity contribution in [1.29, 1.82) is 0 Å². The number of fused-ring (bicyclic) bond motifs is 1. The number of aromatic amines is 1. The van der Waals surface area contributed by atoms with Gasteiger partial charge in [-0.1, -0.05) is 30.3 Å². The van der Waals surface area contributed by atoms with Crippen molar-refractivity contribution in [3.05, 3.63) is 78.9 Å². The van der Waals surface area contributed by atoms with Crippen LogP contribution in [0.4, 0.5) is 5.69 Å². The molecule has 1 aromatic carbocycles. The maximum absolute atomic E-state index is 12.8. The van der Waals surface area contributed by atoms with E-state index in [-0.39, 0.29) is 11.8 Å². The summed E-state index contributed by atoms with van der Waals surface area (Å²) in [4.78, 5) is 27.1. The predicted molar refractivity (Wildman–Crippen MR) is 122 cm³/mol. The standard InChI is InChI=1S/C25H25N5O/c31-25(19-7-10-30(11-8-19)17-18-4-2-1-3-5-18)29-23-13-22(14-26-16-23)21-12-20-6-9-27-24(20)28-15-21/h1-6,9,12-16,19H,7-8,10-11,17H2,(H,27,28)(H,29,31). The molecule has 0 saturated carbocycles. The summed E-state index contributed by atoms with van der Waals surface area (Å²) in [5.74, 6) is 0.117. The summed E-state index contributed by atoms with van der Waals surface area (Å²) in [7, 11) is 0. The number of hydrogen-bond acceptors (Lipinski definition) is 4. The van der Waals surface area contributed by atoms with Crippen LogP contribution in [0.15, 0.2) is 73.3 Å². The zero-order valence-electron chi connectivity index (χ0n) is 17.3. The zero-order chi connectivity index (χ0) is 21.0. The third-order valence-electron chi connectivity index (χ3n) is 5.95. The molecular formula is C25H25N5O. The van der Waals surface area contributed by atoms with Crippen LogP contribution in [0.1, 0.15) is 18.4 Å². The number of nitrogens with zero attached hydrogens (tertiary/aromatic N) is 3. The molecule has 2 N–H and O–H groups in total. The van der Waals surface area contributed by atoms with Gasteiger partial charge in [0, 0.05) is 47.6 Å². The van der Waals surface area contributed by atoms with E-state index in [0.717, 1.165) is 60.3 Å². The molecule has 6 heteroatoms. The molecule has 0 radical (unpaired) electrons. The van der Waals surface area contributed by atoms with Gasteiger partial charge in [0.1, 0.15) is 5.65 Å². The van der Waals surface area contributed by atoms with Crippen molar-refractivity contribution in [1.82, 2.24) is 19.9 Å². The van der Waals surface area contributed by atoms with E-state index in [2.05, 4.69) is 55.5 Å². The van der Waals surface area contributed by atoms with E-state index >= 15 is 0 Å². The highest BCUT2D eigenvalue weighted by atomic mass is 16.1. The van der Waals surface area contributed by atoms with Gasteiger partial charge in [0.25, 0.3) is 0 Å². The molecule has 0 aliphatic carbocycles. The van der Waals surface area contributed by atoms with Crippen LogP contribution in [0.5, 0.6) is 0 Å². The Bertz CT molecular complexity index is 1180. The first-order valence-electron chi connectivity index (χ1n) is 10.7. The molecule has 0 bridgehead atoms. The molecule has 4 aromatic rings. The molecule has 1 aliphatic heterocycles. The molecule has 5 rings (SSSR count). The van der Waals surface area contributed by atoms with Gasteiger partial charge in [-0.2, -0.15) is 0 Å². The number of nitrogens with one attached hydrogen (secondary N) is 2. The SMILES string of the molecule is O=C(Nc1cncc(-c2cnc3[nH]ccc3c2)c1)C1CCN(Cc2ccccc2)CC1. The lowest BCUT2D eigenvalue weighted by molar-refractivity contribution is -0.121. The van der Waals surface area contributed by atoms with Gasteiger partial charge in [-0.25, -0.2) is 4.98 Å². The summed E-state index contributed by atoms with van der Waals surface area (Å²) in [5, 5.41) is 4.12. The highest BCUT2D eigenvalue weighted by molar-refractivity contribution is 5.93. The smallest absolute Gasteiger partial charge is 0.227 e. The van der Waals surface area contributed by atoms with Crippen LogP contribution >= 0.6 is 0 Å². The lowest BCUT2D eigenvalue weighted by Crippen LogP contribution is -2.37. The number of carbonyl (C=O) groups is 1. The number of aromatic nitrogens is 3. The molecule has 1 amide bonds. The number of H-pyrrole nitrogens is 1. The monoisotopic (exact) mass is 411 g/mol. The Hall–Kier alpha value is -3.51. The summed E-state index contributed by atoms with van der Waals surface area (Å²) in [6.07, 6.45) is 8.95. The van der Waals surface area contributed by atoms with Crippen molar-refractivity contribution >= 4 is 22.6 Å². The maximum atomic E-state index is 12.8. The first kappa shape index (κ1) is 19.5. The minimum Gasteiger partial charge on any atom is -0.346 e. The topological polar surface area (TPSA) is 73.9 Å². The van der Waals surface area contributed by atoms with Crippen LogP contribution in [0, 0.1) is 5.92 Å². The quantitative estimate of drug-likeness (QED) is 0.508. The third kappa shape index (κ3) is 4.49. The molecule has 156 valence electrons. The lowest BCUT2D eigenvalue weighted by Gasteiger charge is -2.31. The summed E-state index contributed by atoms with van der Waals surface area (Å²) in [5.41, 5.74) is 4.82. The maximum Gasteiger partial charge on any atom is 0.227 e. The van der Waals surface area contributed by atoms with E-state index in [1.807, 2.05) is 30.6 Å². The van der Waals surface area contributed by atoms with Crippen LogP contribution in [0.25, 0.3) is 22.2 Å². The summed E-state index contributed by atoms with van der Waals surface area (Å²) >= 11 is 0. The molecule has 4 heterocycles. The van der Waals surface area contributed by atoms with Crippen LogP contribution in [0.2, 0.25) is 0 Å². The average molecular weight is 412 g/mol. The molecule has 0 unspecified atom stereocenters. The molecule has 1 aliphatic rings. The van der Waals surface area contributed by atoms with Gasteiger partial charge in [-0.15, -0.1) is 0 Å². The Kier molecular flexibility index (Phi) is 5.46. The number of likely N-dealkylation sites (tertiary alicyclic amines) is 1. The number of piperidine rings is 1. The van der Waals surface area contributed by atoms with Crippen molar-refractivity contribution < 1.29 is 4.79 Å². The second kappa shape index (κ2) is 8.70. The van der Waals surface area contributed by atoms with Crippen molar-refractivity contribution in [2.45, 2.75) is 19.4 Å². The Balaban J connectivity index is 1.20. The fourth-order valence-corrected chi connectivity index (χ4v) is 4.20. The molecule has 3 aromatic heterocycles. The zero-order valence-corrected chi connectivity index (χ0v) is 17.3. The van der Waals surface area contributed by atoms with E-state index in [1.54, 1.807) is 12.4 Å². The van der Waals surface area contributed by atoms with Crippen molar-refractivity contribution in [3.8, 4) is 11.1 Å². The molecule has 1 fully saturated rings.